The van der Waals surface area contributed by atoms with Gasteiger partial charge in [0, 0.05) is 25.2 Å². The van der Waals surface area contributed by atoms with Crippen molar-refractivity contribution in [1.82, 2.24) is 24.6 Å². The summed E-state index contributed by atoms with van der Waals surface area (Å²) in [5, 5.41) is 11.1. The summed E-state index contributed by atoms with van der Waals surface area (Å²) in [5.74, 6) is -0.227. The molecule has 0 saturated carbocycles. The monoisotopic (exact) mass is 429 g/mol. The van der Waals surface area contributed by atoms with Gasteiger partial charge in [-0.15, -0.1) is 5.10 Å². The normalized spacial score (nSPS) is 13.0. The average molecular weight is 430 g/mol. The van der Waals surface area contributed by atoms with E-state index in [0.717, 1.165) is 11.1 Å². The zero-order valence-electron chi connectivity index (χ0n) is 17.7. The highest BCUT2D eigenvalue weighted by molar-refractivity contribution is 7.89. The SMILES string of the molecule is CCN(CC)S(=O)(=O)c1ccc(C(C)NC(=O)c2ccc3c(c2)nnn3CC)cc1. The summed E-state index contributed by atoms with van der Waals surface area (Å²) in [6, 6.07) is 11.7. The first-order valence-corrected chi connectivity index (χ1v) is 11.5. The van der Waals surface area contributed by atoms with Crippen molar-refractivity contribution in [2.45, 2.75) is 45.2 Å². The number of carbonyl (C=O) groups excluding carboxylic acids is 1. The molecule has 2 aromatic carbocycles. The van der Waals surface area contributed by atoms with E-state index in [4.69, 9.17) is 0 Å². The van der Waals surface area contributed by atoms with Gasteiger partial charge in [0.2, 0.25) is 10.0 Å². The van der Waals surface area contributed by atoms with Crippen LogP contribution in [-0.4, -0.2) is 46.7 Å². The number of fused-ring (bicyclic) bond motifs is 1. The maximum atomic E-state index is 12.7. The first kappa shape index (κ1) is 21.9. The molecule has 30 heavy (non-hydrogen) atoms. The van der Waals surface area contributed by atoms with Crippen molar-refractivity contribution >= 4 is 27.0 Å². The number of aromatic nitrogens is 3. The molecule has 1 aromatic heterocycles. The molecule has 3 aromatic rings. The predicted octanol–water partition coefficient (Wildman–Crippen LogP) is 2.97. The molecule has 1 amide bonds. The van der Waals surface area contributed by atoms with Crippen LogP contribution in [0.5, 0.6) is 0 Å². The van der Waals surface area contributed by atoms with Crippen molar-refractivity contribution in [3.63, 3.8) is 0 Å². The van der Waals surface area contributed by atoms with Gasteiger partial charge < -0.3 is 5.32 Å². The Balaban J connectivity index is 1.74. The van der Waals surface area contributed by atoms with E-state index in [-0.39, 0.29) is 16.8 Å². The molecule has 9 heteroatoms. The highest BCUT2D eigenvalue weighted by Crippen LogP contribution is 2.20. The topological polar surface area (TPSA) is 97.2 Å². The Bertz CT molecular complexity index is 1140. The number of nitrogens with zero attached hydrogens (tertiary/aromatic N) is 4. The van der Waals surface area contributed by atoms with Crippen molar-refractivity contribution in [1.29, 1.82) is 0 Å². The molecule has 0 aliphatic heterocycles. The molecule has 0 radical (unpaired) electrons. The second-order valence-corrected chi connectivity index (χ2v) is 8.90. The van der Waals surface area contributed by atoms with Crippen LogP contribution in [0.2, 0.25) is 0 Å². The van der Waals surface area contributed by atoms with E-state index in [1.165, 1.54) is 4.31 Å². The first-order chi connectivity index (χ1) is 14.3. The van der Waals surface area contributed by atoms with Gasteiger partial charge in [0.25, 0.3) is 5.91 Å². The number of nitrogens with one attached hydrogen (secondary N) is 1. The number of benzene rings is 2. The van der Waals surface area contributed by atoms with Gasteiger partial charge in [-0.1, -0.05) is 31.2 Å². The Kier molecular flexibility index (Phi) is 6.52. The van der Waals surface area contributed by atoms with E-state index >= 15 is 0 Å². The van der Waals surface area contributed by atoms with Crippen LogP contribution in [0.4, 0.5) is 0 Å². The lowest BCUT2D eigenvalue weighted by Gasteiger charge is -2.19. The number of hydrogen-bond donors (Lipinski definition) is 1. The molecule has 0 bridgehead atoms. The van der Waals surface area contributed by atoms with Gasteiger partial charge in [-0.05, 0) is 49.7 Å². The summed E-state index contributed by atoms with van der Waals surface area (Å²) in [6.45, 7) is 9.01. The quantitative estimate of drug-likeness (QED) is 0.594. The minimum atomic E-state index is -3.50. The van der Waals surface area contributed by atoms with Crippen LogP contribution in [0.15, 0.2) is 47.4 Å². The molecule has 160 valence electrons. The van der Waals surface area contributed by atoms with Crippen molar-refractivity contribution < 1.29 is 13.2 Å². The molecular formula is C21H27N5O3S. The third-order valence-corrected chi connectivity index (χ3v) is 7.21. The number of rotatable bonds is 8. The summed E-state index contributed by atoms with van der Waals surface area (Å²) in [5.41, 5.74) is 2.87. The molecule has 0 aliphatic carbocycles. The van der Waals surface area contributed by atoms with Gasteiger partial charge >= 0.3 is 0 Å². The molecule has 0 aliphatic rings. The maximum Gasteiger partial charge on any atom is 0.251 e. The molecule has 0 saturated heterocycles. The summed E-state index contributed by atoms with van der Waals surface area (Å²) in [4.78, 5) is 12.9. The molecule has 1 atom stereocenters. The van der Waals surface area contributed by atoms with E-state index < -0.39 is 10.0 Å². The highest BCUT2D eigenvalue weighted by atomic mass is 32.2. The molecule has 1 heterocycles. The van der Waals surface area contributed by atoms with Crippen LogP contribution in [-0.2, 0) is 16.6 Å². The van der Waals surface area contributed by atoms with Gasteiger partial charge in [-0.2, -0.15) is 4.31 Å². The van der Waals surface area contributed by atoms with E-state index in [0.29, 0.717) is 30.7 Å². The Morgan fingerprint density at radius 2 is 1.77 bits per heavy atom. The summed E-state index contributed by atoms with van der Waals surface area (Å²) in [7, 11) is -3.50. The predicted molar refractivity (Wildman–Crippen MR) is 116 cm³/mol. The van der Waals surface area contributed by atoms with Crippen LogP contribution < -0.4 is 5.32 Å². The smallest absolute Gasteiger partial charge is 0.251 e. The fraction of sp³-hybridized carbons (Fsp3) is 0.381. The van der Waals surface area contributed by atoms with Crippen molar-refractivity contribution in [2.75, 3.05) is 13.1 Å². The lowest BCUT2D eigenvalue weighted by Crippen LogP contribution is -2.30. The van der Waals surface area contributed by atoms with Crippen LogP contribution in [0, 0.1) is 0 Å². The van der Waals surface area contributed by atoms with E-state index in [9.17, 15) is 13.2 Å². The third-order valence-electron chi connectivity index (χ3n) is 5.15. The largest absolute Gasteiger partial charge is 0.346 e. The zero-order chi connectivity index (χ0) is 21.9. The van der Waals surface area contributed by atoms with Crippen molar-refractivity contribution in [2.24, 2.45) is 0 Å². The molecule has 1 unspecified atom stereocenters. The number of aryl methyl sites for hydroxylation is 1. The average Bonchev–Trinajstić information content (AvgIpc) is 3.16. The molecule has 0 fully saturated rings. The molecule has 1 N–H and O–H groups in total. The van der Waals surface area contributed by atoms with Crippen LogP contribution in [0.1, 0.15) is 49.7 Å². The Labute approximate surface area is 176 Å². The minimum Gasteiger partial charge on any atom is -0.346 e. The number of sulfonamides is 1. The van der Waals surface area contributed by atoms with E-state index in [2.05, 4.69) is 15.6 Å². The second-order valence-electron chi connectivity index (χ2n) is 6.96. The number of carbonyl (C=O) groups is 1. The summed E-state index contributed by atoms with van der Waals surface area (Å²) >= 11 is 0. The first-order valence-electron chi connectivity index (χ1n) is 10.1. The molecule has 3 rings (SSSR count). The standard InChI is InChI=1S/C21H27N5O3S/c1-5-25(6-2)30(28,29)18-11-8-16(9-12-18)15(4)22-21(27)17-10-13-20-19(14-17)23-24-26(20)7-3/h8-15H,5-7H2,1-4H3,(H,22,27). The van der Waals surface area contributed by atoms with Crippen LogP contribution in [0.25, 0.3) is 11.0 Å². The highest BCUT2D eigenvalue weighted by Gasteiger charge is 2.22. The maximum absolute atomic E-state index is 12.7. The lowest BCUT2D eigenvalue weighted by molar-refractivity contribution is 0.0940. The number of amides is 1. The fourth-order valence-electron chi connectivity index (χ4n) is 3.35. The Morgan fingerprint density at radius 1 is 1.10 bits per heavy atom. The van der Waals surface area contributed by atoms with Crippen LogP contribution in [0.3, 0.4) is 0 Å². The molecular weight excluding hydrogens is 402 g/mol. The fourth-order valence-corrected chi connectivity index (χ4v) is 4.81. The van der Waals surface area contributed by atoms with Gasteiger partial charge in [-0.25, -0.2) is 13.1 Å². The molecule has 0 spiro atoms. The van der Waals surface area contributed by atoms with Gasteiger partial charge in [0.1, 0.15) is 5.52 Å². The molecule has 8 nitrogen and oxygen atoms in total. The Hall–Kier alpha value is -2.78. The van der Waals surface area contributed by atoms with Crippen molar-refractivity contribution in [3.8, 4) is 0 Å². The Morgan fingerprint density at radius 3 is 2.37 bits per heavy atom. The third kappa shape index (κ3) is 4.22. The van der Waals surface area contributed by atoms with Gasteiger partial charge in [-0.3, -0.25) is 4.79 Å². The zero-order valence-corrected chi connectivity index (χ0v) is 18.5. The number of hydrogen-bond acceptors (Lipinski definition) is 5. The van der Waals surface area contributed by atoms with Gasteiger partial charge in [0.15, 0.2) is 0 Å². The lowest BCUT2D eigenvalue weighted by atomic mass is 10.1. The van der Waals surface area contributed by atoms with E-state index in [1.54, 1.807) is 41.1 Å². The summed E-state index contributed by atoms with van der Waals surface area (Å²) in [6.07, 6.45) is 0. The second kappa shape index (κ2) is 8.93. The van der Waals surface area contributed by atoms with Crippen LogP contribution >= 0.6 is 0 Å². The summed E-state index contributed by atoms with van der Waals surface area (Å²) < 4.78 is 28.4. The minimum absolute atomic E-state index is 0.227. The van der Waals surface area contributed by atoms with Gasteiger partial charge in [0.05, 0.1) is 16.5 Å². The van der Waals surface area contributed by atoms with Crippen molar-refractivity contribution in [3.05, 3.63) is 53.6 Å². The van der Waals surface area contributed by atoms with E-state index in [1.807, 2.05) is 33.8 Å².